The Hall–Kier alpha value is -0.830. The minimum atomic E-state index is -0.276. The molecule has 1 nitrogen and oxygen atoms in total. The number of fused-ring (bicyclic) bond motifs is 1. The van der Waals surface area contributed by atoms with Crippen LogP contribution < -0.4 is 0 Å². The van der Waals surface area contributed by atoms with Crippen LogP contribution in [-0.2, 0) is 0 Å². The van der Waals surface area contributed by atoms with Gasteiger partial charge in [-0.25, -0.2) is 4.39 Å². The monoisotopic (exact) mass is 196 g/mol. The molecule has 0 aromatic heterocycles. The first-order valence-electron chi connectivity index (χ1n) is 4.17. The van der Waals surface area contributed by atoms with Gasteiger partial charge in [-0.15, -0.1) is 11.8 Å². The lowest BCUT2D eigenvalue weighted by Gasteiger charge is -2.19. The van der Waals surface area contributed by atoms with Gasteiger partial charge in [-0.2, -0.15) is 0 Å². The van der Waals surface area contributed by atoms with Crippen LogP contribution in [0.25, 0.3) is 0 Å². The van der Waals surface area contributed by atoms with Gasteiger partial charge in [0.2, 0.25) is 0 Å². The van der Waals surface area contributed by atoms with Crippen molar-refractivity contribution >= 4 is 17.5 Å². The Morgan fingerprint density at radius 2 is 2.31 bits per heavy atom. The Morgan fingerprint density at radius 3 is 3.08 bits per heavy atom. The van der Waals surface area contributed by atoms with Crippen LogP contribution in [0, 0.1) is 5.82 Å². The van der Waals surface area contributed by atoms with E-state index in [4.69, 9.17) is 0 Å². The van der Waals surface area contributed by atoms with Crippen LogP contribution in [0.1, 0.15) is 23.7 Å². The molecule has 1 aromatic rings. The van der Waals surface area contributed by atoms with E-state index in [-0.39, 0.29) is 16.9 Å². The highest BCUT2D eigenvalue weighted by Crippen LogP contribution is 2.36. The molecule has 1 aliphatic rings. The summed E-state index contributed by atoms with van der Waals surface area (Å²) < 4.78 is 13.2. The van der Waals surface area contributed by atoms with Gasteiger partial charge in [0.05, 0.1) is 4.90 Å². The highest BCUT2D eigenvalue weighted by molar-refractivity contribution is 8.00. The van der Waals surface area contributed by atoms with E-state index < -0.39 is 0 Å². The summed E-state index contributed by atoms with van der Waals surface area (Å²) in [6, 6.07) is 4.68. The van der Waals surface area contributed by atoms with Crippen LogP contribution in [0.15, 0.2) is 23.1 Å². The molecule has 0 N–H and O–H groups in total. The summed E-state index contributed by atoms with van der Waals surface area (Å²) >= 11 is 1.45. The molecule has 0 saturated heterocycles. The largest absolute Gasteiger partial charge is 0.294 e. The number of Topliss-reactive ketones (excluding diaryl/α,β-unsaturated/α-hetero) is 1. The minimum Gasteiger partial charge on any atom is -0.294 e. The zero-order valence-electron chi connectivity index (χ0n) is 7.21. The zero-order chi connectivity index (χ0) is 9.42. The summed E-state index contributed by atoms with van der Waals surface area (Å²) in [5, 5.41) is 0.192. The second kappa shape index (κ2) is 3.14. The van der Waals surface area contributed by atoms with Crippen LogP contribution in [0.3, 0.4) is 0 Å². The molecule has 0 radical (unpaired) electrons. The summed E-state index contributed by atoms with van der Waals surface area (Å²) in [6.07, 6.45) is 0.515. The van der Waals surface area contributed by atoms with Crippen LogP contribution in [-0.4, -0.2) is 11.0 Å². The van der Waals surface area contributed by atoms with Crippen molar-refractivity contribution in [3.05, 3.63) is 29.6 Å². The van der Waals surface area contributed by atoms with Gasteiger partial charge in [-0.05, 0) is 6.07 Å². The third kappa shape index (κ3) is 1.48. The van der Waals surface area contributed by atoms with Crippen molar-refractivity contribution in [3.8, 4) is 0 Å². The maximum Gasteiger partial charge on any atom is 0.165 e. The van der Waals surface area contributed by atoms with Gasteiger partial charge in [0.1, 0.15) is 5.82 Å². The molecular weight excluding hydrogens is 187 g/mol. The third-order valence-corrected chi connectivity index (χ3v) is 3.28. The van der Waals surface area contributed by atoms with Crippen molar-refractivity contribution in [2.45, 2.75) is 23.5 Å². The van der Waals surface area contributed by atoms with Crippen molar-refractivity contribution in [1.82, 2.24) is 0 Å². The number of hydrogen-bond acceptors (Lipinski definition) is 2. The van der Waals surface area contributed by atoms with Crippen LogP contribution >= 0.6 is 11.8 Å². The van der Waals surface area contributed by atoms with E-state index >= 15 is 0 Å². The van der Waals surface area contributed by atoms with E-state index in [9.17, 15) is 9.18 Å². The summed E-state index contributed by atoms with van der Waals surface area (Å²) in [5.74, 6) is -0.219. The highest BCUT2D eigenvalue weighted by Gasteiger charge is 2.24. The van der Waals surface area contributed by atoms with E-state index in [1.165, 1.54) is 17.8 Å². The fraction of sp³-hybridized carbons (Fsp3) is 0.300. The van der Waals surface area contributed by atoms with Crippen molar-refractivity contribution in [2.75, 3.05) is 0 Å². The summed E-state index contributed by atoms with van der Waals surface area (Å²) in [5.41, 5.74) is 0.545. The van der Waals surface area contributed by atoms with E-state index in [0.29, 0.717) is 16.9 Å². The van der Waals surface area contributed by atoms with Gasteiger partial charge in [-0.3, -0.25) is 4.79 Å². The lowest BCUT2D eigenvalue weighted by molar-refractivity contribution is 0.0977. The van der Waals surface area contributed by atoms with Crippen molar-refractivity contribution in [1.29, 1.82) is 0 Å². The molecule has 0 aliphatic carbocycles. The summed E-state index contributed by atoms with van der Waals surface area (Å²) in [4.78, 5) is 12.0. The molecule has 2 rings (SSSR count). The first-order valence-corrected chi connectivity index (χ1v) is 5.05. The highest BCUT2D eigenvalue weighted by atomic mass is 32.2. The molecule has 1 aliphatic heterocycles. The maximum absolute atomic E-state index is 13.2. The molecule has 0 amide bonds. The third-order valence-electron chi connectivity index (χ3n) is 2.06. The normalized spacial score (nSPS) is 21.4. The Bertz CT molecular complexity index is 362. The molecule has 1 atom stereocenters. The first-order chi connectivity index (χ1) is 6.18. The first kappa shape index (κ1) is 8.75. The van der Waals surface area contributed by atoms with Gasteiger partial charge in [-0.1, -0.05) is 19.1 Å². The molecule has 68 valence electrons. The van der Waals surface area contributed by atoms with Crippen molar-refractivity contribution < 1.29 is 9.18 Å². The summed E-state index contributed by atoms with van der Waals surface area (Å²) in [6.45, 7) is 1.94. The average molecular weight is 196 g/mol. The molecule has 1 unspecified atom stereocenters. The predicted octanol–water partition coefficient (Wildman–Crippen LogP) is 2.89. The fourth-order valence-corrected chi connectivity index (χ4v) is 2.59. The molecule has 1 heterocycles. The molecule has 0 spiro atoms. The molecule has 13 heavy (non-hydrogen) atoms. The van der Waals surface area contributed by atoms with Gasteiger partial charge < -0.3 is 0 Å². The van der Waals surface area contributed by atoms with Gasteiger partial charge in [0.15, 0.2) is 5.78 Å². The minimum absolute atomic E-state index is 0.0563. The van der Waals surface area contributed by atoms with Gasteiger partial charge >= 0.3 is 0 Å². The predicted molar refractivity (Wildman–Crippen MR) is 50.7 cm³/mol. The number of rotatable bonds is 0. The lowest BCUT2D eigenvalue weighted by atomic mass is 10.1. The zero-order valence-corrected chi connectivity index (χ0v) is 8.03. The number of halogens is 1. The fourth-order valence-electron chi connectivity index (χ4n) is 1.46. The Kier molecular flexibility index (Phi) is 2.12. The van der Waals surface area contributed by atoms with Gasteiger partial charge in [0.25, 0.3) is 0 Å². The summed E-state index contributed by atoms with van der Waals surface area (Å²) in [7, 11) is 0. The number of thioether (sulfide) groups is 1. The van der Waals surface area contributed by atoms with Crippen molar-refractivity contribution in [3.63, 3.8) is 0 Å². The lowest BCUT2D eigenvalue weighted by Crippen LogP contribution is -2.15. The van der Waals surface area contributed by atoms with E-state index in [2.05, 4.69) is 0 Å². The number of ketones is 1. The van der Waals surface area contributed by atoms with Crippen LogP contribution in [0.4, 0.5) is 4.39 Å². The Labute approximate surface area is 80.3 Å². The average Bonchev–Trinajstić information content (AvgIpc) is 2.07. The van der Waals surface area contributed by atoms with E-state index in [0.717, 1.165) is 0 Å². The Balaban J connectivity index is 2.55. The Morgan fingerprint density at radius 1 is 1.54 bits per heavy atom. The smallest absolute Gasteiger partial charge is 0.165 e. The SMILES string of the molecule is CC1CC(=O)c2cccc(F)c2S1. The molecule has 1 aromatic carbocycles. The number of carbonyl (C=O) groups excluding carboxylic acids is 1. The molecule has 0 saturated carbocycles. The molecular formula is C10H9FOS. The standard InChI is InChI=1S/C10H9FOS/c1-6-5-9(12)7-3-2-4-8(11)10(7)13-6/h2-4,6H,5H2,1H3. The maximum atomic E-state index is 13.2. The molecule has 3 heteroatoms. The number of benzene rings is 1. The second-order valence-corrected chi connectivity index (χ2v) is 4.62. The number of hydrogen-bond donors (Lipinski definition) is 0. The number of carbonyl (C=O) groups is 1. The topological polar surface area (TPSA) is 17.1 Å². The molecule has 0 fully saturated rings. The second-order valence-electron chi connectivity index (χ2n) is 3.17. The quantitative estimate of drug-likeness (QED) is 0.634. The van der Waals surface area contributed by atoms with Crippen LogP contribution in [0.2, 0.25) is 0 Å². The van der Waals surface area contributed by atoms with Crippen molar-refractivity contribution in [2.24, 2.45) is 0 Å². The van der Waals surface area contributed by atoms with E-state index in [1.54, 1.807) is 12.1 Å². The van der Waals surface area contributed by atoms with Gasteiger partial charge in [0, 0.05) is 17.2 Å². The van der Waals surface area contributed by atoms with Crippen LogP contribution in [0.5, 0.6) is 0 Å². The van der Waals surface area contributed by atoms with E-state index in [1.807, 2.05) is 6.92 Å². The molecule has 0 bridgehead atoms.